The number of aliphatic hydroxyl groups is 1. The fourth-order valence-electron chi connectivity index (χ4n) is 3.42. The molecule has 0 bridgehead atoms. The zero-order chi connectivity index (χ0) is 22.7. The number of nitrogens with zero attached hydrogens (tertiary/aromatic N) is 7. The van der Waals surface area contributed by atoms with Crippen molar-refractivity contribution in [3.8, 4) is 17.2 Å². The number of aromatic nitrogens is 5. The zero-order valence-electron chi connectivity index (χ0n) is 17.7. The summed E-state index contributed by atoms with van der Waals surface area (Å²) in [5.41, 5.74) is 6.20. The number of nitrogens with one attached hydrogen (secondary N) is 1. The highest BCUT2D eigenvalue weighted by atomic mass is 16.3. The van der Waals surface area contributed by atoms with Gasteiger partial charge in [0.05, 0.1) is 23.3 Å². The molecule has 0 spiro atoms. The molecule has 1 amide bonds. The van der Waals surface area contributed by atoms with Crippen molar-refractivity contribution >= 4 is 18.1 Å². The second-order valence-corrected chi connectivity index (χ2v) is 7.29. The molecule has 1 fully saturated rings. The fraction of sp³-hybridized carbons (Fsp3) is 0.238. The number of amides is 1. The highest BCUT2D eigenvalue weighted by Gasteiger charge is 2.46. The number of nitrogens with two attached hydrogens (primary N) is 1. The van der Waals surface area contributed by atoms with Gasteiger partial charge in [-0.15, -0.1) is 0 Å². The van der Waals surface area contributed by atoms with Gasteiger partial charge in [-0.25, -0.2) is 19.6 Å². The van der Waals surface area contributed by atoms with Crippen LogP contribution in [0, 0.1) is 0 Å². The Kier molecular flexibility index (Phi) is 5.65. The van der Waals surface area contributed by atoms with Gasteiger partial charge in [-0.3, -0.25) is 9.79 Å². The first kappa shape index (κ1) is 21.1. The molecule has 0 aromatic carbocycles. The second kappa shape index (κ2) is 8.55. The van der Waals surface area contributed by atoms with E-state index in [9.17, 15) is 9.90 Å². The van der Waals surface area contributed by atoms with E-state index in [1.165, 1.54) is 22.0 Å². The van der Waals surface area contributed by atoms with E-state index < -0.39 is 5.60 Å². The SMILES string of the molecule is CN=C/C(=C\N)Nc1nccc(-c2cccc(-n3cc([C@]4(O)CCN(C)C4=O)cn3)n2)n1. The van der Waals surface area contributed by atoms with Crippen molar-refractivity contribution < 1.29 is 9.90 Å². The summed E-state index contributed by atoms with van der Waals surface area (Å²) in [6.45, 7) is 0.490. The first-order valence-electron chi connectivity index (χ1n) is 9.89. The standard InChI is InChI=1S/C21H23N9O2/c1-23-12-15(10-22)26-20-24-8-6-17(28-20)16-4-3-5-18(27-16)30-13-14(11-25-30)21(32)7-9-29(2)19(21)31/h3-6,8,10-13,32H,7,9,22H2,1-2H3,(H,24,26,28)/b15-10+,23-12?/t21-/m1/s1. The smallest absolute Gasteiger partial charge is 0.259 e. The third-order valence-corrected chi connectivity index (χ3v) is 5.16. The van der Waals surface area contributed by atoms with Crippen LogP contribution < -0.4 is 11.1 Å². The van der Waals surface area contributed by atoms with Crippen LogP contribution in [0.5, 0.6) is 0 Å². The lowest BCUT2D eigenvalue weighted by Crippen LogP contribution is -2.35. The number of pyridine rings is 1. The highest BCUT2D eigenvalue weighted by Crippen LogP contribution is 2.32. The Labute approximate surface area is 184 Å². The molecule has 11 heteroatoms. The third kappa shape index (κ3) is 3.93. The van der Waals surface area contributed by atoms with Crippen LogP contribution in [0.2, 0.25) is 0 Å². The first-order valence-corrected chi connectivity index (χ1v) is 9.89. The molecule has 1 atom stereocenters. The highest BCUT2D eigenvalue weighted by molar-refractivity contribution is 5.88. The Hall–Kier alpha value is -4.12. The van der Waals surface area contributed by atoms with Crippen molar-refractivity contribution in [3.05, 3.63) is 60.3 Å². The Morgan fingerprint density at radius 3 is 2.84 bits per heavy atom. The van der Waals surface area contributed by atoms with Crippen molar-refractivity contribution in [1.82, 2.24) is 29.6 Å². The Morgan fingerprint density at radius 2 is 2.12 bits per heavy atom. The Bertz CT molecular complexity index is 1200. The monoisotopic (exact) mass is 433 g/mol. The van der Waals surface area contributed by atoms with Gasteiger partial charge < -0.3 is 21.1 Å². The van der Waals surface area contributed by atoms with Gasteiger partial charge in [-0.05, 0) is 18.2 Å². The Balaban J connectivity index is 1.61. The molecule has 0 aliphatic carbocycles. The number of likely N-dealkylation sites (N-methyl/N-ethyl adjacent to an activating group) is 1. The molecule has 1 aliphatic rings. The molecular weight excluding hydrogens is 410 g/mol. The number of carbonyl (C=O) groups excluding carboxylic acids is 1. The zero-order valence-corrected chi connectivity index (χ0v) is 17.7. The summed E-state index contributed by atoms with van der Waals surface area (Å²) in [6, 6.07) is 7.16. The number of aliphatic imine (C=N–C) groups is 1. The predicted molar refractivity (Wildman–Crippen MR) is 119 cm³/mol. The van der Waals surface area contributed by atoms with Gasteiger partial charge in [0.15, 0.2) is 11.4 Å². The van der Waals surface area contributed by atoms with Crippen LogP contribution in [0.3, 0.4) is 0 Å². The summed E-state index contributed by atoms with van der Waals surface area (Å²) in [7, 11) is 3.31. The minimum absolute atomic E-state index is 0.320. The van der Waals surface area contributed by atoms with Crippen LogP contribution in [0.15, 0.2) is 59.7 Å². The number of rotatable bonds is 6. The van der Waals surface area contributed by atoms with Crippen molar-refractivity contribution in [3.63, 3.8) is 0 Å². The molecule has 4 heterocycles. The topological polar surface area (TPSA) is 147 Å². The number of hydrogen-bond acceptors (Lipinski definition) is 9. The van der Waals surface area contributed by atoms with Gasteiger partial charge >= 0.3 is 0 Å². The largest absolute Gasteiger partial charge is 0.403 e. The average molecular weight is 433 g/mol. The van der Waals surface area contributed by atoms with Crippen molar-refractivity contribution in [1.29, 1.82) is 0 Å². The van der Waals surface area contributed by atoms with Crippen LogP contribution in [0.25, 0.3) is 17.2 Å². The molecule has 164 valence electrons. The van der Waals surface area contributed by atoms with Gasteiger partial charge in [0.1, 0.15) is 0 Å². The summed E-state index contributed by atoms with van der Waals surface area (Å²) >= 11 is 0. The quantitative estimate of drug-likeness (QED) is 0.481. The number of likely N-dealkylation sites (tertiary alicyclic amines) is 1. The maximum absolute atomic E-state index is 12.4. The first-order chi connectivity index (χ1) is 15.4. The van der Waals surface area contributed by atoms with Gasteiger partial charge in [-0.2, -0.15) is 5.10 Å². The normalized spacial score (nSPS) is 19.2. The number of allylic oxidation sites excluding steroid dienone is 1. The van der Waals surface area contributed by atoms with E-state index in [1.807, 2.05) is 12.1 Å². The molecule has 32 heavy (non-hydrogen) atoms. The minimum Gasteiger partial charge on any atom is -0.403 e. The van der Waals surface area contributed by atoms with Crippen LogP contribution in [0.4, 0.5) is 5.95 Å². The maximum Gasteiger partial charge on any atom is 0.259 e. The summed E-state index contributed by atoms with van der Waals surface area (Å²) in [6.07, 6.45) is 7.98. The lowest BCUT2D eigenvalue weighted by molar-refractivity contribution is -0.143. The average Bonchev–Trinajstić information content (AvgIpc) is 3.41. The maximum atomic E-state index is 12.4. The molecule has 3 aromatic rings. The molecule has 11 nitrogen and oxygen atoms in total. The van der Waals surface area contributed by atoms with Crippen molar-refractivity contribution in [2.24, 2.45) is 10.7 Å². The van der Waals surface area contributed by atoms with Crippen molar-refractivity contribution in [2.45, 2.75) is 12.0 Å². The molecule has 1 aliphatic heterocycles. The molecule has 1 saturated heterocycles. The molecular formula is C21H23N9O2. The van der Waals surface area contributed by atoms with Crippen LogP contribution in [0.1, 0.15) is 12.0 Å². The molecule has 0 unspecified atom stereocenters. The van der Waals surface area contributed by atoms with Gasteiger partial charge in [-0.1, -0.05) is 6.07 Å². The number of anilines is 1. The van der Waals surface area contributed by atoms with E-state index in [4.69, 9.17) is 5.73 Å². The molecule has 0 radical (unpaired) electrons. The lowest BCUT2D eigenvalue weighted by Gasteiger charge is -2.18. The fourth-order valence-corrected chi connectivity index (χ4v) is 3.42. The molecule has 0 saturated carbocycles. The minimum atomic E-state index is -1.56. The van der Waals surface area contributed by atoms with E-state index in [2.05, 4.69) is 30.4 Å². The van der Waals surface area contributed by atoms with Gasteiger partial charge in [0.2, 0.25) is 5.95 Å². The second-order valence-electron chi connectivity index (χ2n) is 7.29. The number of hydrogen-bond donors (Lipinski definition) is 3. The van der Waals surface area contributed by atoms with E-state index >= 15 is 0 Å². The summed E-state index contributed by atoms with van der Waals surface area (Å²) in [5, 5.41) is 18.1. The van der Waals surface area contributed by atoms with Crippen LogP contribution >= 0.6 is 0 Å². The molecule has 3 aromatic heterocycles. The molecule has 4 rings (SSSR count). The summed E-state index contributed by atoms with van der Waals surface area (Å²) < 4.78 is 1.52. The van der Waals surface area contributed by atoms with E-state index in [0.717, 1.165) is 0 Å². The predicted octanol–water partition coefficient (Wildman–Crippen LogP) is 0.687. The summed E-state index contributed by atoms with van der Waals surface area (Å²) in [5.74, 6) is 0.530. The van der Waals surface area contributed by atoms with E-state index in [1.54, 1.807) is 44.8 Å². The molecule has 4 N–H and O–H groups in total. The van der Waals surface area contributed by atoms with Crippen LogP contribution in [-0.4, -0.2) is 67.5 Å². The van der Waals surface area contributed by atoms with Crippen LogP contribution in [-0.2, 0) is 10.4 Å². The lowest BCUT2D eigenvalue weighted by atomic mass is 9.95. The van der Waals surface area contributed by atoms with E-state index in [-0.39, 0.29) is 5.91 Å². The Morgan fingerprint density at radius 1 is 1.31 bits per heavy atom. The summed E-state index contributed by atoms with van der Waals surface area (Å²) in [4.78, 5) is 31.1. The third-order valence-electron chi connectivity index (χ3n) is 5.16. The van der Waals surface area contributed by atoms with Crippen molar-refractivity contribution in [2.75, 3.05) is 26.0 Å². The van der Waals surface area contributed by atoms with E-state index in [0.29, 0.717) is 47.4 Å². The van der Waals surface area contributed by atoms with Gasteiger partial charge in [0.25, 0.3) is 5.91 Å². The van der Waals surface area contributed by atoms with Gasteiger partial charge in [0, 0.05) is 57.4 Å². The number of carbonyl (C=O) groups is 1.